The molecule has 0 aromatic heterocycles. The van der Waals surface area contributed by atoms with Gasteiger partial charge in [-0.05, 0) is 39.5 Å². The number of hydrogen-bond acceptors (Lipinski definition) is 9. The van der Waals surface area contributed by atoms with Crippen LogP contribution in [0.2, 0.25) is 0 Å². The molecule has 2 saturated heterocycles. The van der Waals surface area contributed by atoms with Gasteiger partial charge in [0, 0.05) is 25.0 Å². The maximum atomic E-state index is 12.0. The zero-order valence-corrected chi connectivity index (χ0v) is 26.9. The highest BCUT2D eigenvalue weighted by Crippen LogP contribution is 2.27. The van der Waals surface area contributed by atoms with Crippen LogP contribution in [-0.2, 0) is 38.1 Å². The predicted molar refractivity (Wildman–Crippen MR) is 157 cm³/mol. The minimum absolute atomic E-state index is 0.00927. The maximum absolute atomic E-state index is 12.0. The Kier molecular flexibility index (Phi) is 18.4. The smallest absolute Gasteiger partial charge is 0.309 e. The van der Waals surface area contributed by atoms with E-state index >= 15 is 0 Å². The molecule has 0 saturated carbocycles. The fraction of sp³-hybridized carbons (Fsp3) is 0.906. The van der Waals surface area contributed by atoms with Crippen molar-refractivity contribution in [3.05, 3.63) is 0 Å². The SMILES string of the molecule is CCCC[C@H]1[C@H](C)OC(=O)[C@@H](C)CCO[C@@H]1CO.CCCC[C@H]1[C@H](C)OC(=O)[C@@H](C)CCO[C@@H]1COC(=O)C(C)C. The van der Waals surface area contributed by atoms with Crippen LogP contribution in [0, 0.1) is 29.6 Å². The van der Waals surface area contributed by atoms with Gasteiger partial charge in [0.15, 0.2) is 0 Å². The van der Waals surface area contributed by atoms with E-state index in [0.717, 1.165) is 38.5 Å². The lowest BCUT2D eigenvalue weighted by Gasteiger charge is -2.30. The first-order valence-electron chi connectivity index (χ1n) is 15.9. The Bertz CT molecular complexity index is 755. The first kappa shape index (κ1) is 37.3. The third kappa shape index (κ3) is 13.4. The van der Waals surface area contributed by atoms with Crippen molar-refractivity contribution >= 4 is 17.9 Å². The van der Waals surface area contributed by atoms with Crippen molar-refractivity contribution in [2.45, 2.75) is 131 Å². The number of hydrogen-bond donors (Lipinski definition) is 1. The first-order valence-corrected chi connectivity index (χ1v) is 15.9. The molecule has 2 rings (SSSR count). The van der Waals surface area contributed by atoms with Gasteiger partial charge in [-0.3, -0.25) is 14.4 Å². The van der Waals surface area contributed by atoms with Gasteiger partial charge in [-0.25, -0.2) is 0 Å². The second-order valence-electron chi connectivity index (χ2n) is 12.1. The molecule has 240 valence electrons. The van der Waals surface area contributed by atoms with Crippen LogP contribution in [0.5, 0.6) is 0 Å². The molecule has 2 aliphatic rings. The highest BCUT2D eigenvalue weighted by Gasteiger charge is 2.34. The fourth-order valence-electron chi connectivity index (χ4n) is 5.06. The molecule has 0 aliphatic carbocycles. The Balaban J connectivity index is 0.000000422. The zero-order valence-electron chi connectivity index (χ0n) is 26.9. The topological polar surface area (TPSA) is 118 Å². The van der Waals surface area contributed by atoms with Crippen LogP contribution in [0.4, 0.5) is 0 Å². The van der Waals surface area contributed by atoms with Crippen molar-refractivity contribution in [2.75, 3.05) is 26.4 Å². The van der Waals surface area contributed by atoms with Gasteiger partial charge >= 0.3 is 17.9 Å². The van der Waals surface area contributed by atoms with E-state index < -0.39 is 0 Å². The summed E-state index contributed by atoms with van der Waals surface area (Å²) in [5.74, 6) is -0.851. The number of esters is 3. The summed E-state index contributed by atoms with van der Waals surface area (Å²) < 4.78 is 28.2. The predicted octanol–water partition coefficient (Wildman–Crippen LogP) is 5.49. The van der Waals surface area contributed by atoms with E-state index in [1.165, 1.54) is 0 Å². The van der Waals surface area contributed by atoms with E-state index in [-0.39, 0.29) is 85.1 Å². The minimum Gasteiger partial charge on any atom is -0.463 e. The number of aliphatic hydroxyl groups is 1. The number of carbonyl (C=O) groups excluding carboxylic acids is 3. The highest BCUT2D eigenvalue weighted by atomic mass is 16.6. The summed E-state index contributed by atoms with van der Waals surface area (Å²) in [6.45, 7) is 16.6. The minimum atomic E-state index is -0.239. The highest BCUT2D eigenvalue weighted by molar-refractivity contribution is 5.72. The molecule has 0 aromatic rings. The van der Waals surface area contributed by atoms with Crippen LogP contribution in [0.3, 0.4) is 0 Å². The van der Waals surface area contributed by atoms with Crippen molar-refractivity contribution in [3.8, 4) is 0 Å². The van der Waals surface area contributed by atoms with Crippen LogP contribution in [0.1, 0.15) is 107 Å². The molecular formula is C32H58O9. The zero-order chi connectivity index (χ0) is 30.9. The molecule has 9 nitrogen and oxygen atoms in total. The van der Waals surface area contributed by atoms with Gasteiger partial charge in [0.25, 0.3) is 0 Å². The number of cyclic esters (lactones) is 2. The summed E-state index contributed by atoms with van der Waals surface area (Å²) >= 11 is 0. The third-order valence-corrected chi connectivity index (χ3v) is 8.16. The van der Waals surface area contributed by atoms with Crippen LogP contribution in [0.25, 0.3) is 0 Å². The van der Waals surface area contributed by atoms with E-state index in [9.17, 15) is 19.5 Å². The van der Waals surface area contributed by atoms with Gasteiger partial charge in [-0.15, -0.1) is 0 Å². The van der Waals surface area contributed by atoms with Gasteiger partial charge in [-0.2, -0.15) is 0 Å². The molecule has 2 fully saturated rings. The van der Waals surface area contributed by atoms with E-state index in [0.29, 0.717) is 26.1 Å². The molecule has 1 N–H and O–H groups in total. The van der Waals surface area contributed by atoms with Gasteiger partial charge in [0.1, 0.15) is 18.8 Å². The summed E-state index contributed by atoms with van der Waals surface area (Å²) in [6.07, 6.45) is 6.46. The van der Waals surface area contributed by atoms with Crippen molar-refractivity contribution in [1.29, 1.82) is 0 Å². The fourth-order valence-corrected chi connectivity index (χ4v) is 5.06. The van der Waals surface area contributed by atoms with Crippen LogP contribution < -0.4 is 0 Å². The maximum Gasteiger partial charge on any atom is 0.309 e. The normalized spacial score (nSPS) is 31.6. The third-order valence-electron chi connectivity index (χ3n) is 8.16. The molecule has 0 aromatic carbocycles. The molecule has 0 radical (unpaired) electrons. The lowest BCUT2D eigenvalue weighted by Crippen LogP contribution is -2.38. The summed E-state index contributed by atoms with van der Waals surface area (Å²) in [6, 6.07) is 0. The van der Waals surface area contributed by atoms with E-state index in [1.807, 2.05) is 41.5 Å². The molecular weight excluding hydrogens is 528 g/mol. The summed E-state index contributed by atoms with van der Waals surface area (Å²) in [5.41, 5.74) is 0. The monoisotopic (exact) mass is 586 g/mol. The molecule has 9 heteroatoms. The molecule has 8 atom stereocenters. The van der Waals surface area contributed by atoms with Gasteiger partial charge in [0.05, 0.1) is 36.6 Å². The van der Waals surface area contributed by atoms with Crippen molar-refractivity contribution < 1.29 is 43.2 Å². The average Bonchev–Trinajstić information content (AvgIpc) is 3.01. The van der Waals surface area contributed by atoms with Gasteiger partial charge in [0.2, 0.25) is 0 Å². The van der Waals surface area contributed by atoms with E-state index in [1.54, 1.807) is 0 Å². The number of ether oxygens (including phenoxy) is 5. The Morgan fingerprint density at radius 2 is 1.27 bits per heavy atom. The standard InChI is InChI=1S/C18H32O5.C14H26O4/c1-6-7-8-15-14(5)23-18(20)13(4)9-10-21-16(15)11-22-17(19)12(2)3;1-4-5-6-12-11(3)18-14(16)10(2)7-8-17-13(12)9-15/h12-16H,6-11H2,1-5H3;10-13,15H,4-9H2,1-3H3/t13-,14-,15-,16+;10-,11-,12-,13+/m00/s1. The van der Waals surface area contributed by atoms with Crippen LogP contribution >= 0.6 is 0 Å². The second-order valence-corrected chi connectivity index (χ2v) is 12.1. The largest absolute Gasteiger partial charge is 0.463 e. The lowest BCUT2D eigenvalue weighted by atomic mass is 9.91. The molecule has 2 heterocycles. The molecule has 0 spiro atoms. The molecule has 0 amide bonds. The number of rotatable bonds is 10. The van der Waals surface area contributed by atoms with E-state index in [4.69, 9.17) is 23.7 Å². The second kappa shape index (κ2) is 20.2. The van der Waals surface area contributed by atoms with Gasteiger partial charge < -0.3 is 28.8 Å². The van der Waals surface area contributed by atoms with Crippen molar-refractivity contribution in [1.82, 2.24) is 0 Å². The summed E-state index contributed by atoms with van der Waals surface area (Å²) in [4.78, 5) is 35.6. The van der Waals surface area contributed by atoms with Crippen LogP contribution in [0.15, 0.2) is 0 Å². The van der Waals surface area contributed by atoms with Crippen molar-refractivity contribution in [3.63, 3.8) is 0 Å². The average molecular weight is 587 g/mol. The van der Waals surface area contributed by atoms with Crippen LogP contribution in [-0.4, -0.2) is 73.9 Å². The van der Waals surface area contributed by atoms with E-state index in [2.05, 4.69) is 13.8 Å². The number of aliphatic hydroxyl groups excluding tert-OH is 1. The van der Waals surface area contributed by atoms with Crippen molar-refractivity contribution in [2.24, 2.45) is 29.6 Å². The quantitative estimate of drug-likeness (QED) is 0.262. The molecule has 0 bridgehead atoms. The Labute approximate surface area is 248 Å². The number of unbranched alkanes of at least 4 members (excludes halogenated alkanes) is 2. The summed E-state index contributed by atoms with van der Waals surface area (Å²) in [7, 11) is 0. The Morgan fingerprint density at radius 1 is 0.829 bits per heavy atom. The first-order chi connectivity index (χ1) is 19.5. The molecule has 41 heavy (non-hydrogen) atoms. The summed E-state index contributed by atoms with van der Waals surface area (Å²) in [5, 5.41) is 9.45. The van der Waals surface area contributed by atoms with Gasteiger partial charge in [-0.1, -0.05) is 67.2 Å². The lowest BCUT2D eigenvalue weighted by molar-refractivity contribution is -0.161. The number of carbonyl (C=O) groups is 3. The molecule has 2 aliphatic heterocycles. The Morgan fingerprint density at radius 3 is 1.68 bits per heavy atom. The molecule has 0 unspecified atom stereocenters. The Hall–Kier alpha value is -1.71.